The number of sulfonamides is 1. The normalized spacial score (nSPS) is 15.0. The number of aromatic hydroxyl groups is 1. The fourth-order valence-corrected chi connectivity index (χ4v) is 4.74. The molecular weight excluding hydrogens is 408 g/mol. The molecule has 2 aromatic carbocycles. The van der Waals surface area contributed by atoms with Gasteiger partial charge in [0.15, 0.2) is 11.5 Å². The third kappa shape index (κ3) is 5.35. The number of benzene rings is 2. The molecule has 1 heterocycles. The van der Waals surface area contributed by atoms with Gasteiger partial charge in [-0.2, -0.15) is 0 Å². The van der Waals surface area contributed by atoms with Crippen LogP contribution in [0.2, 0.25) is 0 Å². The number of hydrogen-bond donors (Lipinski definition) is 2. The average molecular weight is 435 g/mol. The number of amides is 1. The maximum absolute atomic E-state index is 12.3. The Labute approximate surface area is 176 Å². The zero-order valence-electron chi connectivity index (χ0n) is 16.8. The zero-order chi connectivity index (χ0) is 21.6. The molecular formula is C21H26N2O6S. The molecule has 0 atom stereocenters. The largest absolute Gasteiger partial charge is 0.506 e. The Hall–Kier alpha value is -2.94. The van der Waals surface area contributed by atoms with Gasteiger partial charge < -0.3 is 19.9 Å². The summed E-state index contributed by atoms with van der Waals surface area (Å²) >= 11 is 0. The molecule has 30 heavy (non-hydrogen) atoms. The van der Waals surface area contributed by atoms with Crippen molar-refractivity contribution >= 4 is 27.3 Å². The molecule has 8 nitrogen and oxygen atoms in total. The van der Waals surface area contributed by atoms with E-state index in [1.807, 2.05) is 25.1 Å². The molecule has 1 saturated heterocycles. The fourth-order valence-electron chi connectivity index (χ4n) is 3.18. The van der Waals surface area contributed by atoms with E-state index in [0.29, 0.717) is 49.8 Å². The van der Waals surface area contributed by atoms with Crippen LogP contribution in [-0.2, 0) is 14.8 Å². The summed E-state index contributed by atoms with van der Waals surface area (Å²) in [5, 5.41) is 12.7. The Bertz CT molecular complexity index is 993. The van der Waals surface area contributed by atoms with Gasteiger partial charge >= 0.3 is 0 Å². The van der Waals surface area contributed by atoms with Gasteiger partial charge in [0, 0.05) is 13.0 Å². The van der Waals surface area contributed by atoms with Crippen molar-refractivity contribution in [2.24, 2.45) is 0 Å². The zero-order valence-corrected chi connectivity index (χ0v) is 17.7. The highest BCUT2D eigenvalue weighted by molar-refractivity contribution is 7.93. The van der Waals surface area contributed by atoms with Crippen molar-refractivity contribution in [3.05, 3.63) is 42.5 Å². The van der Waals surface area contributed by atoms with Gasteiger partial charge in [0.1, 0.15) is 5.75 Å². The topological polar surface area (TPSA) is 105 Å². The number of nitrogens with one attached hydrogen (secondary N) is 1. The lowest BCUT2D eigenvalue weighted by Crippen LogP contribution is -2.25. The van der Waals surface area contributed by atoms with Crippen LogP contribution in [0.4, 0.5) is 11.4 Å². The van der Waals surface area contributed by atoms with Gasteiger partial charge in [0.2, 0.25) is 15.9 Å². The molecule has 1 aliphatic rings. The van der Waals surface area contributed by atoms with Crippen LogP contribution in [0.5, 0.6) is 17.2 Å². The number of anilines is 2. The molecule has 9 heteroatoms. The van der Waals surface area contributed by atoms with Gasteiger partial charge in [-0.1, -0.05) is 12.1 Å². The minimum atomic E-state index is -3.34. The number of phenolic OH excluding ortho intramolecular Hbond substituents is 1. The van der Waals surface area contributed by atoms with Crippen molar-refractivity contribution in [2.75, 3.05) is 35.1 Å². The monoisotopic (exact) mass is 434 g/mol. The summed E-state index contributed by atoms with van der Waals surface area (Å²) in [7, 11) is -3.34. The van der Waals surface area contributed by atoms with Crippen molar-refractivity contribution in [3.63, 3.8) is 0 Å². The van der Waals surface area contributed by atoms with Crippen molar-refractivity contribution < 1.29 is 27.8 Å². The fraction of sp³-hybridized carbons (Fsp3) is 0.381. The number of para-hydroxylation sites is 2. The summed E-state index contributed by atoms with van der Waals surface area (Å²) in [5.41, 5.74) is 0.610. The first-order valence-electron chi connectivity index (χ1n) is 9.88. The molecule has 1 fully saturated rings. The van der Waals surface area contributed by atoms with Gasteiger partial charge in [-0.25, -0.2) is 8.42 Å². The predicted octanol–water partition coefficient (Wildman–Crippen LogP) is 3.13. The van der Waals surface area contributed by atoms with Gasteiger partial charge in [0.25, 0.3) is 0 Å². The summed E-state index contributed by atoms with van der Waals surface area (Å²) in [6, 6.07) is 11.7. The highest BCUT2D eigenvalue weighted by atomic mass is 32.2. The quantitative estimate of drug-likeness (QED) is 0.464. The minimum absolute atomic E-state index is 0.0992. The lowest BCUT2D eigenvalue weighted by molar-refractivity contribution is -0.116. The lowest BCUT2D eigenvalue weighted by atomic mass is 10.2. The van der Waals surface area contributed by atoms with E-state index in [1.165, 1.54) is 22.5 Å². The second kappa shape index (κ2) is 9.71. The maximum atomic E-state index is 12.3. The number of ether oxygens (including phenoxy) is 2. The van der Waals surface area contributed by atoms with E-state index in [4.69, 9.17) is 9.47 Å². The first-order chi connectivity index (χ1) is 14.4. The third-order valence-corrected chi connectivity index (χ3v) is 6.47. The van der Waals surface area contributed by atoms with Crippen LogP contribution in [0.15, 0.2) is 42.5 Å². The molecule has 0 saturated carbocycles. The molecule has 0 aliphatic carbocycles. The Kier molecular flexibility index (Phi) is 7.04. The number of rotatable bonds is 9. The van der Waals surface area contributed by atoms with Gasteiger partial charge in [-0.15, -0.1) is 0 Å². The molecule has 1 amide bonds. The van der Waals surface area contributed by atoms with Crippen LogP contribution in [-0.4, -0.2) is 44.9 Å². The Balaban J connectivity index is 1.53. The van der Waals surface area contributed by atoms with Crippen molar-refractivity contribution in [3.8, 4) is 17.2 Å². The van der Waals surface area contributed by atoms with Gasteiger partial charge in [0.05, 0.1) is 30.3 Å². The van der Waals surface area contributed by atoms with Crippen molar-refractivity contribution in [2.45, 2.75) is 26.2 Å². The van der Waals surface area contributed by atoms with E-state index < -0.39 is 10.0 Å². The van der Waals surface area contributed by atoms with E-state index in [1.54, 1.807) is 6.07 Å². The molecule has 162 valence electrons. The Morgan fingerprint density at radius 3 is 2.57 bits per heavy atom. The standard InChI is InChI=1S/C21H26N2O6S/c1-2-28-19-7-3-4-8-20(19)29-13-5-9-21(25)22-17-15-16(10-11-18(17)24)23-12-6-14-30(23,26)27/h3-4,7-8,10-11,15,24H,2,5-6,9,12-14H2,1H3,(H,22,25). The van der Waals surface area contributed by atoms with E-state index in [2.05, 4.69) is 5.32 Å². The smallest absolute Gasteiger partial charge is 0.235 e. The highest BCUT2D eigenvalue weighted by Gasteiger charge is 2.28. The average Bonchev–Trinajstić information content (AvgIpc) is 3.07. The molecule has 2 N–H and O–H groups in total. The predicted molar refractivity (Wildman–Crippen MR) is 115 cm³/mol. The second-order valence-electron chi connectivity index (χ2n) is 6.82. The van der Waals surface area contributed by atoms with Crippen LogP contribution in [0.25, 0.3) is 0 Å². The Morgan fingerprint density at radius 2 is 1.90 bits per heavy atom. The van der Waals surface area contributed by atoms with Crippen LogP contribution < -0.4 is 19.1 Å². The molecule has 0 bridgehead atoms. The number of hydrogen-bond acceptors (Lipinski definition) is 6. The van der Waals surface area contributed by atoms with Crippen molar-refractivity contribution in [1.29, 1.82) is 0 Å². The summed E-state index contributed by atoms with van der Waals surface area (Å²) in [4.78, 5) is 12.3. The van der Waals surface area contributed by atoms with E-state index in [0.717, 1.165) is 0 Å². The summed E-state index contributed by atoms with van der Waals surface area (Å²) in [6.07, 6.45) is 1.20. The Morgan fingerprint density at radius 1 is 1.17 bits per heavy atom. The van der Waals surface area contributed by atoms with E-state index in [-0.39, 0.29) is 29.5 Å². The summed E-state index contributed by atoms with van der Waals surface area (Å²) in [5.74, 6) is 0.959. The van der Waals surface area contributed by atoms with Crippen LogP contribution in [0.1, 0.15) is 26.2 Å². The summed E-state index contributed by atoms with van der Waals surface area (Å²) < 4.78 is 36.7. The first-order valence-corrected chi connectivity index (χ1v) is 11.5. The van der Waals surface area contributed by atoms with Crippen molar-refractivity contribution in [1.82, 2.24) is 0 Å². The van der Waals surface area contributed by atoms with Crippen LogP contribution in [0.3, 0.4) is 0 Å². The molecule has 0 radical (unpaired) electrons. The van der Waals surface area contributed by atoms with Gasteiger partial charge in [-0.3, -0.25) is 9.10 Å². The summed E-state index contributed by atoms with van der Waals surface area (Å²) in [6.45, 7) is 3.14. The second-order valence-corrected chi connectivity index (χ2v) is 8.84. The van der Waals surface area contributed by atoms with Gasteiger partial charge in [-0.05, 0) is 50.1 Å². The first kappa shape index (κ1) is 21.8. The molecule has 0 spiro atoms. The van der Waals surface area contributed by atoms with E-state index >= 15 is 0 Å². The molecule has 2 aromatic rings. The SMILES string of the molecule is CCOc1ccccc1OCCCC(=O)Nc1cc(N2CCCS2(=O)=O)ccc1O. The van der Waals surface area contributed by atoms with E-state index in [9.17, 15) is 18.3 Å². The lowest BCUT2D eigenvalue weighted by Gasteiger charge is -2.18. The number of nitrogens with zero attached hydrogens (tertiary/aromatic N) is 1. The molecule has 0 unspecified atom stereocenters. The molecule has 3 rings (SSSR count). The number of carbonyl (C=O) groups is 1. The van der Waals surface area contributed by atoms with Crippen LogP contribution in [0, 0.1) is 0 Å². The molecule has 1 aliphatic heterocycles. The highest BCUT2D eigenvalue weighted by Crippen LogP contribution is 2.32. The third-order valence-electron chi connectivity index (χ3n) is 4.60. The van der Waals surface area contributed by atoms with Crippen LogP contribution >= 0.6 is 0 Å². The maximum Gasteiger partial charge on any atom is 0.235 e. The number of phenols is 1. The number of carbonyl (C=O) groups excluding carboxylic acids is 1. The minimum Gasteiger partial charge on any atom is -0.506 e. The molecule has 0 aromatic heterocycles.